The van der Waals surface area contributed by atoms with Crippen molar-refractivity contribution in [2.45, 2.75) is 210 Å². The molecular formula is C52H88FN5O14S. The molecule has 0 amide bonds. The van der Waals surface area contributed by atoms with E-state index in [1.165, 1.54) is 30.8 Å². The highest BCUT2D eigenvalue weighted by molar-refractivity contribution is 7.90. The summed E-state index contributed by atoms with van der Waals surface area (Å²) in [6.45, 7) is 18.3. The minimum absolute atomic E-state index is 0.0275. The Kier molecular flexibility index (Phi) is 21.4. The lowest BCUT2D eigenvalue weighted by Gasteiger charge is -2.48. The van der Waals surface area contributed by atoms with Gasteiger partial charge in [-0.2, -0.15) is 0 Å². The summed E-state index contributed by atoms with van der Waals surface area (Å²) in [5.41, 5.74) is -3.00. The molecular weight excluding hydrogens is 970 g/mol. The SMILES string of the molecule is CC[C@H]1OC(=O)[C@H](C)[C@@H](O[C@H]2C[C@@](C)(OC)[C@@H](O)[C@H](C)O2)[C@H](C)[C@@H](O[C@H]2C[C@@H](N(C)CCc3cn([C@H](CF)COCc4ccc(S(C)(=O)=O)cc4)nn3)C[C@@H](C)O2)[C@](C)(O)C[C@@H](C)CN(C)[C@H](C)[C@@H](O)[C@]1(C)O. The number of halogens is 1. The van der Waals surface area contributed by atoms with E-state index in [-0.39, 0.29) is 55.4 Å². The molecule has 21 heteroatoms. The van der Waals surface area contributed by atoms with Crippen LogP contribution in [0.5, 0.6) is 0 Å². The summed E-state index contributed by atoms with van der Waals surface area (Å²) < 4.78 is 83.8. The fourth-order valence-electron chi connectivity index (χ4n) is 11.0. The first-order valence-corrected chi connectivity index (χ1v) is 27.9. The van der Waals surface area contributed by atoms with Crippen LogP contribution >= 0.6 is 0 Å². The number of carbonyl (C=O) groups is 1. The molecule has 3 saturated heterocycles. The number of cyclic esters (lactones) is 1. The fraction of sp³-hybridized carbons (Fsp3) is 0.827. The van der Waals surface area contributed by atoms with Crippen LogP contribution in [0.3, 0.4) is 0 Å². The zero-order valence-electron chi connectivity index (χ0n) is 45.7. The highest BCUT2D eigenvalue weighted by Crippen LogP contribution is 2.40. The number of hydrogen-bond donors (Lipinski definition) is 4. The number of likely N-dealkylation sites (N-methyl/N-ethyl adjacent to an activating group) is 2. The number of alkyl halides is 1. The second-order valence-electron chi connectivity index (χ2n) is 22.3. The molecule has 5 rings (SSSR count). The van der Waals surface area contributed by atoms with E-state index in [1.54, 1.807) is 59.9 Å². The first kappa shape index (κ1) is 61.1. The largest absolute Gasteiger partial charge is 0.459 e. The van der Waals surface area contributed by atoms with Crippen molar-refractivity contribution in [3.8, 4) is 0 Å². The summed E-state index contributed by atoms with van der Waals surface area (Å²) in [5, 5.41) is 56.0. The summed E-state index contributed by atoms with van der Waals surface area (Å²) in [4.78, 5) is 18.8. The van der Waals surface area contributed by atoms with Crippen molar-refractivity contribution in [3.63, 3.8) is 0 Å². The third kappa shape index (κ3) is 15.5. The van der Waals surface area contributed by atoms with Gasteiger partial charge >= 0.3 is 5.97 Å². The van der Waals surface area contributed by atoms with Gasteiger partial charge in [-0.3, -0.25) is 4.79 Å². The van der Waals surface area contributed by atoms with Crippen LogP contribution in [0, 0.1) is 17.8 Å². The van der Waals surface area contributed by atoms with E-state index in [0.29, 0.717) is 38.0 Å². The second kappa shape index (κ2) is 25.6. The molecule has 19 nitrogen and oxygen atoms in total. The number of benzene rings is 1. The first-order valence-electron chi connectivity index (χ1n) is 26.0. The van der Waals surface area contributed by atoms with Gasteiger partial charge in [-0.15, -0.1) is 5.10 Å². The number of methoxy groups -OCH3 is 1. The zero-order valence-corrected chi connectivity index (χ0v) is 46.5. The second-order valence-corrected chi connectivity index (χ2v) is 24.3. The molecule has 18 atom stereocenters. The van der Waals surface area contributed by atoms with Gasteiger partial charge in [0.05, 0.1) is 65.3 Å². The first-order chi connectivity index (χ1) is 34.0. The smallest absolute Gasteiger partial charge is 0.311 e. The number of sulfone groups is 1. The molecule has 2 aromatic rings. The molecule has 0 bridgehead atoms. The Balaban J connectivity index is 1.36. The summed E-state index contributed by atoms with van der Waals surface area (Å²) in [7, 11) is 2.04. The third-order valence-electron chi connectivity index (χ3n) is 15.8. The summed E-state index contributed by atoms with van der Waals surface area (Å²) >= 11 is 0. The average Bonchev–Trinajstić information content (AvgIpc) is 3.80. The van der Waals surface area contributed by atoms with Crippen LogP contribution in [0.2, 0.25) is 0 Å². The minimum Gasteiger partial charge on any atom is -0.459 e. The van der Waals surface area contributed by atoms with Gasteiger partial charge in [0, 0.05) is 69.9 Å². The lowest BCUT2D eigenvalue weighted by atomic mass is 9.77. The lowest BCUT2D eigenvalue weighted by Crippen LogP contribution is -2.59. The molecule has 3 aliphatic rings. The summed E-state index contributed by atoms with van der Waals surface area (Å²) in [6, 6.07) is 5.07. The van der Waals surface area contributed by atoms with Crippen molar-refractivity contribution in [1.82, 2.24) is 24.8 Å². The van der Waals surface area contributed by atoms with Crippen molar-refractivity contribution >= 4 is 15.8 Å². The highest BCUT2D eigenvalue weighted by Gasteiger charge is 2.52. The van der Waals surface area contributed by atoms with Crippen molar-refractivity contribution in [2.75, 3.05) is 53.8 Å². The number of aliphatic hydroxyl groups excluding tert-OH is 2. The highest BCUT2D eigenvalue weighted by atomic mass is 32.2. The monoisotopic (exact) mass is 1060 g/mol. The number of rotatable bonds is 17. The average molecular weight is 1060 g/mol. The molecule has 4 N–H and O–H groups in total. The van der Waals surface area contributed by atoms with Crippen LogP contribution in [-0.4, -0.2) is 198 Å². The van der Waals surface area contributed by atoms with E-state index in [1.807, 2.05) is 39.8 Å². The predicted octanol–water partition coefficient (Wildman–Crippen LogP) is 4.27. The van der Waals surface area contributed by atoms with Crippen molar-refractivity contribution < 1.29 is 71.2 Å². The molecule has 1 aromatic heterocycles. The van der Waals surface area contributed by atoms with Crippen molar-refractivity contribution in [2.24, 2.45) is 17.8 Å². The van der Waals surface area contributed by atoms with Crippen LogP contribution in [0.15, 0.2) is 35.4 Å². The molecule has 0 unspecified atom stereocenters. The zero-order chi connectivity index (χ0) is 54.4. The Morgan fingerprint density at radius 1 is 0.973 bits per heavy atom. The van der Waals surface area contributed by atoms with Gasteiger partial charge in [0.25, 0.3) is 0 Å². The van der Waals surface area contributed by atoms with E-state index in [4.69, 9.17) is 33.2 Å². The van der Waals surface area contributed by atoms with Gasteiger partial charge in [0.15, 0.2) is 22.4 Å². The van der Waals surface area contributed by atoms with Gasteiger partial charge in [-0.05, 0) is 105 Å². The van der Waals surface area contributed by atoms with Crippen LogP contribution in [-0.2, 0) is 60.8 Å². The molecule has 0 saturated carbocycles. The maximum atomic E-state index is 14.5. The Morgan fingerprint density at radius 2 is 1.64 bits per heavy atom. The number of hydrogen-bond acceptors (Lipinski definition) is 18. The van der Waals surface area contributed by atoms with Crippen LogP contribution in [0.4, 0.5) is 4.39 Å². The van der Waals surface area contributed by atoms with E-state index in [9.17, 15) is 38.0 Å². The topological polar surface area (TPSA) is 234 Å². The maximum Gasteiger partial charge on any atom is 0.311 e. The molecule has 418 valence electrons. The maximum absolute atomic E-state index is 14.5. The molecule has 4 heterocycles. The predicted molar refractivity (Wildman–Crippen MR) is 270 cm³/mol. The number of aliphatic hydroxyl groups is 4. The normalized spacial score (nSPS) is 38.4. The van der Waals surface area contributed by atoms with Gasteiger partial charge in [-0.25, -0.2) is 17.5 Å². The quantitative estimate of drug-likeness (QED) is 0.162. The molecule has 3 fully saturated rings. The summed E-state index contributed by atoms with van der Waals surface area (Å²) in [5.74, 6) is -2.60. The lowest BCUT2D eigenvalue weighted by molar-refractivity contribution is -0.308. The molecule has 73 heavy (non-hydrogen) atoms. The minimum atomic E-state index is -3.33. The number of ether oxygens (including phenoxy) is 7. The Hall–Kier alpha value is -2.77. The Bertz CT molecular complexity index is 2150. The van der Waals surface area contributed by atoms with Crippen LogP contribution in [0.25, 0.3) is 0 Å². The standard InChI is InChI=1S/C52H88FN5O14S/c1-15-42-52(10,63)46(59)35(6)57(12)27-31(2)24-50(8,62)48(33(4)45(34(5)49(61)70-42)71-44-25-51(9,66-13)47(60)36(7)69-44)72-43-23-39(22-32(3)68-43)56(11)21-20-38-28-58(55-54-38)40(26-53)30-67-29-37-16-18-41(19-17-37)73(14,64)65/h16-19,28,31-36,39-40,42-48,59-60,62-63H,15,20-27,29-30H2,1-14H3/t31-,32-,33+,34-,35-,36+,39+,40-,42-,43+,44+,45+,46-,47+,48-,50-,51-,52-/m1/s1. The number of nitrogens with zero attached hydrogens (tertiary/aromatic N) is 5. The van der Waals surface area contributed by atoms with Gasteiger partial charge in [-0.1, -0.05) is 38.1 Å². The molecule has 0 aliphatic carbocycles. The number of aromatic nitrogens is 3. The number of esters is 1. The van der Waals surface area contributed by atoms with E-state index < -0.39 is 112 Å². The molecule has 0 radical (unpaired) electrons. The molecule has 0 spiro atoms. The molecule has 3 aliphatic heterocycles. The molecule has 1 aromatic carbocycles. The third-order valence-corrected chi connectivity index (χ3v) is 16.9. The fourth-order valence-corrected chi connectivity index (χ4v) is 11.7. The van der Waals surface area contributed by atoms with Crippen LogP contribution in [0.1, 0.15) is 119 Å². The van der Waals surface area contributed by atoms with E-state index in [0.717, 1.165) is 11.8 Å². The Labute approximate surface area is 433 Å². The van der Waals surface area contributed by atoms with Crippen molar-refractivity contribution in [3.05, 3.63) is 41.7 Å². The summed E-state index contributed by atoms with van der Waals surface area (Å²) in [6.07, 6.45) is -3.01. The number of carbonyl (C=O) groups excluding carboxylic acids is 1. The van der Waals surface area contributed by atoms with E-state index in [2.05, 4.69) is 15.2 Å². The van der Waals surface area contributed by atoms with Crippen LogP contribution < -0.4 is 0 Å². The van der Waals surface area contributed by atoms with Gasteiger partial charge in [0.1, 0.15) is 36.6 Å². The van der Waals surface area contributed by atoms with Gasteiger partial charge in [0.2, 0.25) is 0 Å². The van der Waals surface area contributed by atoms with Crippen molar-refractivity contribution in [1.29, 1.82) is 0 Å². The van der Waals surface area contributed by atoms with Gasteiger partial charge < -0.3 is 63.4 Å². The Morgan fingerprint density at radius 3 is 2.26 bits per heavy atom. The van der Waals surface area contributed by atoms with E-state index >= 15 is 0 Å².